The number of nitrogens with one attached hydrogen (secondary N) is 3. The Kier molecular flexibility index (Phi) is 3.11. The van der Waals surface area contributed by atoms with E-state index in [-0.39, 0.29) is 5.56 Å². The fourth-order valence-electron chi connectivity index (χ4n) is 1.68. The van der Waals surface area contributed by atoms with Crippen LogP contribution in [-0.4, -0.2) is 37.0 Å². The van der Waals surface area contributed by atoms with Crippen LogP contribution in [-0.2, 0) is 0 Å². The van der Waals surface area contributed by atoms with Crippen molar-refractivity contribution in [3.63, 3.8) is 0 Å². The normalized spacial score (nSPS) is 10.9. The summed E-state index contributed by atoms with van der Waals surface area (Å²) in [6.45, 7) is 1.77. The fraction of sp³-hybridized carbons (Fsp3) is 0.182. The smallest absolute Gasteiger partial charge is 0.251 e. The Morgan fingerprint density at radius 2 is 2.15 bits per heavy atom. The van der Waals surface area contributed by atoms with Gasteiger partial charge in [-0.25, -0.2) is 15.0 Å². The fourth-order valence-corrected chi connectivity index (χ4v) is 2.59. The largest absolute Gasteiger partial charge is 0.357 e. The van der Waals surface area contributed by atoms with Gasteiger partial charge in [0.15, 0.2) is 10.8 Å². The minimum atomic E-state index is -0.191. The number of aromatic amines is 2. The molecule has 0 radical (unpaired) electrons. The van der Waals surface area contributed by atoms with Crippen molar-refractivity contribution in [1.29, 1.82) is 0 Å². The van der Waals surface area contributed by atoms with Gasteiger partial charge < -0.3 is 15.3 Å². The second-order valence-corrected chi connectivity index (χ2v) is 4.98. The predicted molar refractivity (Wildman–Crippen MR) is 74.9 cm³/mol. The molecule has 3 aromatic heterocycles. The molecule has 3 rings (SSSR count). The molecule has 0 aliphatic rings. The molecule has 0 amide bonds. The molecule has 0 fully saturated rings. The van der Waals surface area contributed by atoms with Crippen molar-refractivity contribution in [3.8, 4) is 0 Å². The molecule has 3 heterocycles. The molecule has 0 unspecified atom stereocenters. The third-order valence-electron chi connectivity index (χ3n) is 2.52. The average Bonchev–Trinajstić information content (AvgIpc) is 2.85. The monoisotopic (exact) mass is 289 g/mol. The third kappa shape index (κ3) is 2.35. The van der Waals surface area contributed by atoms with Gasteiger partial charge in [0.2, 0.25) is 5.95 Å². The number of aryl methyl sites for hydroxylation is 1. The van der Waals surface area contributed by atoms with Crippen LogP contribution in [0, 0.1) is 6.92 Å². The Morgan fingerprint density at radius 1 is 1.30 bits per heavy atom. The Hall–Kier alpha value is -2.42. The molecular weight excluding hydrogens is 278 g/mol. The lowest BCUT2D eigenvalue weighted by atomic mass is 10.5. The molecule has 0 aliphatic carbocycles. The number of imidazole rings is 1. The summed E-state index contributed by atoms with van der Waals surface area (Å²) >= 11 is 1.25. The molecule has 9 heteroatoms. The Morgan fingerprint density at radius 3 is 2.90 bits per heavy atom. The van der Waals surface area contributed by atoms with Gasteiger partial charge in [0.25, 0.3) is 5.56 Å². The minimum absolute atomic E-state index is 0.191. The summed E-state index contributed by atoms with van der Waals surface area (Å²) in [6, 6.07) is 1.44. The highest BCUT2D eigenvalue weighted by atomic mass is 32.2. The zero-order valence-corrected chi connectivity index (χ0v) is 11.6. The maximum absolute atomic E-state index is 11.5. The first-order chi connectivity index (χ1) is 9.65. The number of hydrogen-bond acceptors (Lipinski definition) is 7. The van der Waals surface area contributed by atoms with Crippen molar-refractivity contribution < 1.29 is 0 Å². The van der Waals surface area contributed by atoms with Crippen molar-refractivity contribution in [2.75, 3.05) is 12.4 Å². The Labute approximate surface area is 117 Å². The SMILES string of the molecule is CNc1nc(Sc2nc(C)cc(=O)[nH]2)c2[nH]cnc2n1. The number of hydrogen-bond donors (Lipinski definition) is 3. The lowest BCUT2D eigenvalue weighted by molar-refractivity contribution is 0.902. The summed E-state index contributed by atoms with van der Waals surface area (Å²) < 4.78 is 0. The van der Waals surface area contributed by atoms with Gasteiger partial charge in [-0.3, -0.25) is 4.79 Å². The number of aromatic nitrogens is 6. The zero-order chi connectivity index (χ0) is 14.1. The highest BCUT2D eigenvalue weighted by Gasteiger charge is 2.12. The second kappa shape index (κ2) is 4.93. The molecule has 0 aromatic carbocycles. The quantitative estimate of drug-likeness (QED) is 0.486. The average molecular weight is 289 g/mol. The summed E-state index contributed by atoms with van der Waals surface area (Å²) in [5, 5.41) is 4.00. The van der Waals surface area contributed by atoms with E-state index in [2.05, 4.69) is 35.2 Å². The van der Waals surface area contributed by atoms with Gasteiger partial charge in [-0.2, -0.15) is 4.98 Å². The van der Waals surface area contributed by atoms with Crippen molar-refractivity contribution >= 4 is 28.9 Å². The summed E-state index contributed by atoms with van der Waals surface area (Å²) in [5.74, 6) is 0.460. The lowest BCUT2D eigenvalue weighted by Gasteiger charge is -2.04. The van der Waals surface area contributed by atoms with E-state index in [1.165, 1.54) is 17.8 Å². The van der Waals surface area contributed by atoms with Crippen LogP contribution in [0.4, 0.5) is 5.95 Å². The first-order valence-corrected chi connectivity index (χ1v) is 6.62. The predicted octanol–water partition coefficient (Wildman–Crippen LogP) is 0.938. The third-order valence-corrected chi connectivity index (χ3v) is 3.39. The number of H-pyrrole nitrogens is 2. The van der Waals surface area contributed by atoms with Crippen LogP contribution in [0.25, 0.3) is 11.2 Å². The number of rotatable bonds is 3. The number of fused-ring (bicyclic) bond motifs is 1. The molecule has 20 heavy (non-hydrogen) atoms. The van der Waals surface area contributed by atoms with E-state index in [9.17, 15) is 4.79 Å². The lowest BCUT2D eigenvalue weighted by Crippen LogP contribution is -2.08. The van der Waals surface area contributed by atoms with Crippen LogP contribution >= 0.6 is 11.8 Å². The molecule has 0 saturated carbocycles. The van der Waals surface area contributed by atoms with Gasteiger partial charge in [0.1, 0.15) is 10.5 Å². The molecule has 0 atom stereocenters. The van der Waals surface area contributed by atoms with E-state index in [0.717, 1.165) is 0 Å². The Bertz CT molecular complexity index is 825. The van der Waals surface area contributed by atoms with Gasteiger partial charge in [-0.15, -0.1) is 0 Å². The molecule has 0 aliphatic heterocycles. The highest BCUT2D eigenvalue weighted by Crippen LogP contribution is 2.28. The van der Waals surface area contributed by atoms with Gasteiger partial charge in [-0.1, -0.05) is 0 Å². The van der Waals surface area contributed by atoms with Gasteiger partial charge >= 0.3 is 0 Å². The molecule has 0 bridgehead atoms. The van der Waals surface area contributed by atoms with Crippen LogP contribution in [0.15, 0.2) is 27.4 Å². The second-order valence-electron chi connectivity index (χ2n) is 4.00. The van der Waals surface area contributed by atoms with Gasteiger partial charge in [0.05, 0.1) is 6.33 Å². The molecule has 102 valence electrons. The maximum atomic E-state index is 11.5. The molecule has 0 saturated heterocycles. The molecule has 3 N–H and O–H groups in total. The van der Waals surface area contributed by atoms with Crippen LogP contribution < -0.4 is 10.9 Å². The first kappa shape index (κ1) is 12.6. The zero-order valence-electron chi connectivity index (χ0n) is 10.8. The summed E-state index contributed by atoms with van der Waals surface area (Å²) in [6.07, 6.45) is 1.55. The highest BCUT2D eigenvalue weighted by molar-refractivity contribution is 7.99. The first-order valence-electron chi connectivity index (χ1n) is 5.80. The minimum Gasteiger partial charge on any atom is -0.357 e. The van der Waals surface area contributed by atoms with E-state index in [1.807, 2.05) is 0 Å². The van der Waals surface area contributed by atoms with E-state index in [0.29, 0.717) is 33.0 Å². The van der Waals surface area contributed by atoms with Crippen molar-refractivity contribution in [3.05, 3.63) is 28.4 Å². The number of nitrogens with zero attached hydrogens (tertiary/aromatic N) is 4. The van der Waals surface area contributed by atoms with E-state index in [1.54, 1.807) is 20.3 Å². The van der Waals surface area contributed by atoms with Crippen LogP contribution in [0.5, 0.6) is 0 Å². The van der Waals surface area contributed by atoms with E-state index in [4.69, 9.17) is 0 Å². The molecule has 3 aromatic rings. The Balaban J connectivity index is 2.09. The van der Waals surface area contributed by atoms with E-state index >= 15 is 0 Å². The van der Waals surface area contributed by atoms with E-state index < -0.39 is 0 Å². The van der Waals surface area contributed by atoms with Crippen LogP contribution in [0.1, 0.15) is 5.69 Å². The molecular formula is C11H11N7OS. The molecule has 8 nitrogen and oxygen atoms in total. The van der Waals surface area contributed by atoms with Crippen LogP contribution in [0.2, 0.25) is 0 Å². The maximum Gasteiger partial charge on any atom is 0.251 e. The van der Waals surface area contributed by atoms with Gasteiger partial charge in [-0.05, 0) is 18.7 Å². The summed E-state index contributed by atoms with van der Waals surface area (Å²) in [4.78, 5) is 34.1. The summed E-state index contributed by atoms with van der Waals surface area (Å²) in [7, 11) is 1.73. The molecule has 0 spiro atoms. The summed E-state index contributed by atoms with van der Waals surface area (Å²) in [5.41, 5.74) is 1.73. The van der Waals surface area contributed by atoms with Crippen molar-refractivity contribution in [1.82, 2.24) is 29.9 Å². The van der Waals surface area contributed by atoms with Crippen LogP contribution in [0.3, 0.4) is 0 Å². The van der Waals surface area contributed by atoms with Gasteiger partial charge in [0, 0.05) is 18.8 Å². The standard InChI is InChI=1S/C11H11N7OS/c1-5-3-6(19)16-11(15-5)20-9-7-8(14-4-13-7)17-10(12-2)18-9/h3-4H,1-2H3,(H,15,16,19)(H2,12,13,14,17,18). The van der Waals surface area contributed by atoms with Crippen molar-refractivity contribution in [2.24, 2.45) is 0 Å². The topological polar surface area (TPSA) is 112 Å². The van der Waals surface area contributed by atoms with Crippen molar-refractivity contribution in [2.45, 2.75) is 17.1 Å². The number of anilines is 1.